The van der Waals surface area contributed by atoms with Crippen molar-refractivity contribution in [1.29, 1.82) is 0 Å². The van der Waals surface area contributed by atoms with Crippen molar-refractivity contribution in [3.8, 4) is 0 Å². The first kappa shape index (κ1) is 14.5. The summed E-state index contributed by atoms with van der Waals surface area (Å²) in [5.41, 5.74) is 2.95. The van der Waals surface area contributed by atoms with Gasteiger partial charge in [0.1, 0.15) is 12.2 Å². The fourth-order valence-corrected chi connectivity index (χ4v) is 3.09. The van der Waals surface area contributed by atoms with Crippen LogP contribution in [0.25, 0.3) is 0 Å². The van der Waals surface area contributed by atoms with E-state index < -0.39 is 0 Å². The molecule has 1 atom stereocenters. The zero-order chi connectivity index (χ0) is 13.5. The van der Waals surface area contributed by atoms with Crippen LogP contribution in [0.1, 0.15) is 57.7 Å². The van der Waals surface area contributed by atoms with E-state index in [1.807, 2.05) is 4.68 Å². The summed E-state index contributed by atoms with van der Waals surface area (Å²) < 4.78 is 1.95. The lowest BCUT2D eigenvalue weighted by Crippen LogP contribution is -2.38. The minimum absolute atomic E-state index is 0.316. The van der Waals surface area contributed by atoms with Gasteiger partial charge in [-0.05, 0) is 25.7 Å². The Morgan fingerprint density at radius 1 is 1.42 bits per heavy atom. The SMILES string of the molecule is CCn1ncnc1CC(CCC1CCCCC1)NN. The predicted octanol–water partition coefficient (Wildman–Crippen LogP) is 2.03. The molecular formula is C14H27N5. The van der Waals surface area contributed by atoms with Gasteiger partial charge < -0.3 is 0 Å². The Morgan fingerprint density at radius 3 is 2.89 bits per heavy atom. The lowest BCUT2D eigenvalue weighted by atomic mass is 9.85. The molecule has 0 aliphatic heterocycles. The van der Waals surface area contributed by atoms with E-state index >= 15 is 0 Å². The van der Waals surface area contributed by atoms with Crippen molar-refractivity contribution in [3.63, 3.8) is 0 Å². The summed E-state index contributed by atoms with van der Waals surface area (Å²) in [4.78, 5) is 4.33. The van der Waals surface area contributed by atoms with Gasteiger partial charge in [-0.15, -0.1) is 0 Å². The van der Waals surface area contributed by atoms with E-state index in [-0.39, 0.29) is 0 Å². The summed E-state index contributed by atoms with van der Waals surface area (Å²) in [6.45, 7) is 2.96. The third-order valence-corrected chi connectivity index (χ3v) is 4.31. The van der Waals surface area contributed by atoms with Crippen LogP contribution in [-0.4, -0.2) is 20.8 Å². The molecule has 0 radical (unpaired) electrons. The van der Waals surface area contributed by atoms with E-state index in [9.17, 15) is 0 Å². The molecule has 0 amide bonds. The number of aryl methyl sites for hydroxylation is 1. The quantitative estimate of drug-likeness (QED) is 0.584. The number of aromatic nitrogens is 3. The molecule has 0 saturated heterocycles. The highest BCUT2D eigenvalue weighted by atomic mass is 15.3. The van der Waals surface area contributed by atoms with Crippen LogP contribution in [-0.2, 0) is 13.0 Å². The molecule has 1 aliphatic carbocycles. The highest BCUT2D eigenvalue weighted by Gasteiger charge is 2.17. The minimum Gasteiger partial charge on any atom is -0.271 e. The van der Waals surface area contributed by atoms with Crippen LogP contribution in [0.15, 0.2) is 6.33 Å². The van der Waals surface area contributed by atoms with Gasteiger partial charge in [0.15, 0.2) is 0 Å². The van der Waals surface area contributed by atoms with Gasteiger partial charge >= 0.3 is 0 Å². The summed E-state index contributed by atoms with van der Waals surface area (Å²) in [7, 11) is 0. The summed E-state index contributed by atoms with van der Waals surface area (Å²) in [5.74, 6) is 7.64. The molecule has 0 aromatic carbocycles. The van der Waals surface area contributed by atoms with Crippen molar-refractivity contribution in [3.05, 3.63) is 12.2 Å². The first-order valence-electron chi connectivity index (χ1n) is 7.66. The van der Waals surface area contributed by atoms with Crippen LogP contribution in [0.4, 0.5) is 0 Å². The fourth-order valence-electron chi connectivity index (χ4n) is 3.09. The minimum atomic E-state index is 0.316. The normalized spacial score (nSPS) is 18.6. The second-order valence-corrected chi connectivity index (χ2v) is 5.64. The van der Waals surface area contributed by atoms with Gasteiger partial charge in [0, 0.05) is 19.0 Å². The monoisotopic (exact) mass is 265 g/mol. The van der Waals surface area contributed by atoms with Gasteiger partial charge in [0.2, 0.25) is 0 Å². The number of nitrogens with two attached hydrogens (primary N) is 1. The van der Waals surface area contributed by atoms with E-state index in [4.69, 9.17) is 5.84 Å². The van der Waals surface area contributed by atoms with Gasteiger partial charge in [-0.1, -0.05) is 32.1 Å². The molecule has 1 aliphatic rings. The molecule has 1 aromatic heterocycles. The average Bonchev–Trinajstić information content (AvgIpc) is 2.91. The van der Waals surface area contributed by atoms with Crippen LogP contribution < -0.4 is 11.3 Å². The second-order valence-electron chi connectivity index (χ2n) is 5.64. The number of rotatable bonds is 7. The smallest absolute Gasteiger partial charge is 0.138 e. The zero-order valence-corrected chi connectivity index (χ0v) is 12.0. The maximum atomic E-state index is 5.69. The molecule has 0 spiro atoms. The molecule has 2 rings (SSSR count). The fraction of sp³-hybridized carbons (Fsp3) is 0.857. The van der Waals surface area contributed by atoms with Crippen LogP contribution in [0, 0.1) is 5.92 Å². The number of hydrogen-bond acceptors (Lipinski definition) is 4. The summed E-state index contributed by atoms with van der Waals surface area (Å²) in [5, 5.41) is 4.21. The predicted molar refractivity (Wildman–Crippen MR) is 76.3 cm³/mol. The van der Waals surface area contributed by atoms with E-state index in [0.717, 1.165) is 31.1 Å². The summed E-state index contributed by atoms with van der Waals surface area (Å²) in [6, 6.07) is 0.316. The molecule has 1 aromatic rings. The summed E-state index contributed by atoms with van der Waals surface area (Å²) >= 11 is 0. The van der Waals surface area contributed by atoms with Crippen molar-refractivity contribution in [2.24, 2.45) is 11.8 Å². The van der Waals surface area contributed by atoms with Crippen molar-refractivity contribution >= 4 is 0 Å². The topological polar surface area (TPSA) is 68.8 Å². The largest absolute Gasteiger partial charge is 0.271 e. The van der Waals surface area contributed by atoms with Gasteiger partial charge in [-0.25, -0.2) is 4.98 Å². The summed E-state index contributed by atoms with van der Waals surface area (Å²) in [6.07, 6.45) is 12.0. The number of nitrogens with zero attached hydrogens (tertiary/aromatic N) is 3. The Bertz CT molecular complexity index is 356. The highest BCUT2D eigenvalue weighted by molar-refractivity contribution is 4.89. The molecule has 5 heteroatoms. The second kappa shape index (κ2) is 7.60. The molecule has 19 heavy (non-hydrogen) atoms. The Morgan fingerprint density at radius 2 is 2.21 bits per heavy atom. The van der Waals surface area contributed by atoms with Crippen molar-refractivity contribution in [2.45, 2.75) is 70.9 Å². The lowest BCUT2D eigenvalue weighted by molar-refractivity contribution is 0.311. The van der Waals surface area contributed by atoms with Crippen LogP contribution in [0.2, 0.25) is 0 Å². The number of hydrazine groups is 1. The van der Waals surface area contributed by atoms with Crippen molar-refractivity contribution in [2.75, 3.05) is 0 Å². The van der Waals surface area contributed by atoms with Crippen molar-refractivity contribution < 1.29 is 0 Å². The first-order valence-corrected chi connectivity index (χ1v) is 7.66. The Kier molecular flexibility index (Phi) is 5.79. The van der Waals surface area contributed by atoms with E-state index in [0.29, 0.717) is 6.04 Å². The number of hydrogen-bond donors (Lipinski definition) is 2. The Balaban J connectivity index is 1.79. The molecule has 108 valence electrons. The van der Waals surface area contributed by atoms with Gasteiger partial charge in [-0.3, -0.25) is 16.0 Å². The van der Waals surface area contributed by atoms with E-state index in [1.165, 1.54) is 38.5 Å². The first-order chi connectivity index (χ1) is 9.33. The molecule has 1 heterocycles. The maximum absolute atomic E-state index is 5.69. The van der Waals surface area contributed by atoms with Gasteiger partial charge in [0.05, 0.1) is 0 Å². The molecule has 5 nitrogen and oxygen atoms in total. The number of nitrogens with one attached hydrogen (secondary N) is 1. The molecule has 1 unspecified atom stereocenters. The van der Waals surface area contributed by atoms with Crippen LogP contribution in [0.5, 0.6) is 0 Å². The molecular weight excluding hydrogens is 238 g/mol. The Hall–Kier alpha value is -0.940. The van der Waals surface area contributed by atoms with Gasteiger partial charge in [0.25, 0.3) is 0 Å². The van der Waals surface area contributed by atoms with Crippen molar-refractivity contribution in [1.82, 2.24) is 20.2 Å². The van der Waals surface area contributed by atoms with Crippen LogP contribution >= 0.6 is 0 Å². The van der Waals surface area contributed by atoms with Crippen LogP contribution in [0.3, 0.4) is 0 Å². The zero-order valence-electron chi connectivity index (χ0n) is 12.0. The van der Waals surface area contributed by atoms with Gasteiger partial charge in [-0.2, -0.15) is 5.10 Å². The molecule has 1 fully saturated rings. The molecule has 0 bridgehead atoms. The van der Waals surface area contributed by atoms with E-state index in [2.05, 4.69) is 22.4 Å². The third-order valence-electron chi connectivity index (χ3n) is 4.31. The maximum Gasteiger partial charge on any atom is 0.138 e. The standard InChI is InChI=1S/C14H27N5/c1-2-19-14(16-11-17-19)10-13(18-15)9-8-12-6-4-3-5-7-12/h11-13,18H,2-10,15H2,1H3. The highest BCUT2D eigenvalue weighted by Crippen LogP contribution is 2.27. The molecule has 3 N–H and O–H groups in total. The lowest BCUT2D eigenvalue weighted by Gasteiger charge is -2.24. The third kappa shape index (κ3) is 4.28. The average molecular weight is 265 g/mol. The Labute approximate surface area is 115 Å². The van der Waals surface area contributed by atoms with E-state index in [1.54, 1.807) is 6.33 Å². The molecule has 1 saturated carbocycles.